The third-order valence-corrected chi connectivity index (χ3v) is 3.79. The molecule has 1 aromatic rings. The van der Waals surface area contributed by atoms with Gasteiger partial charge >= 0.3 is 0 Å². The first-order valence-corrected chi connectivity index (χ1v) is 7.32. The summed E-state index contributed by atoms with van der Waals surface area (Å²) in [5, 5.41) is 8.70. The van der Waals surface area contributed by atoms with Crippen LogP contribution in [0.5, 0.6) is 5.75 Å². The van der Waals surface area contributed by atoms with Crippen LogP contribution in [-0.2, 0) is 0 Å². The molecule has 1 N–H and O–H groups in total. The molecule has 1 aromatic carbocycles. The third kappa shape index (κ3) is 4.56. The van der Waals surface area contributed by atoms with Gasteiger partial charge in [-0.2, -0.15) is 0 Å². The van der Waals surface area contributed by atoms with E-state index in [1.165, 1.54) is 25.8 Å². The summed E-state index contributed by atoms with van der Waals surface area (Å²) in [6, 6.07) is 8.39. The van der Waals surface area contributed by atoms with Crippen LogP contribution in [0.15, 0.2) is 24.3 Å². The number of likely N-dealkylation sites (tertiary alicyclic amines) is 1. The Morgan fingerprint density at radius 3 is 3.10 bits per heavy atom. The van der Waals surface area contributed by atoms with Crippen molar-refractivity contribution in [3.05, 3.63) is 29.8 Å². The molecule has 1 atom stereocenters. The molecule has 0 aliphatic carbocycles. The molecular formula is C17H23NO2. The number of rotatable bonds is 4. The highest BCUT2D eigenvalue weighted by Gasteiger charge is 2.18. The Morgan fingerprint density at radius 2 is 2.30 bits per heavy atom. The van der Waals surface area contributed by atoms with Crippen molar-refractivity contribution in [2.45, 2.75) is 31.7 Å². The van der Waals surface area contributed by atoms with Crippen LogP contribution in [0.4, 0.5) is 0 Å². The molecule has 108 valence electrons. The second kappa shape index (κ2) is 7.94. The van der Waals surface area contributed by atoms with Crippen LogP contribution >= 0.6 is 0 Å². The highest BCUT2D eigenvalue weighted by atomic mass is 16.5. The van der Waals surface area contributed by atoms with Crippen molar-refractivity contribution in [3.63, 3.8) is 0 Å². The number of aliphatic hydroxyl groups is 1. The van der Waals surface area contributed by atoms with Crippen LogP contribution in [0.2, 0.25) is 0 Å². The van der Waals surface area contributed by atoms with Crippen LogP contribution < -0.4 is 4.74 Å². The molecule has 20 heavy (non-hydrogen) atoms. The Labute approximate surface area is 121 Å². The average Bonchev–Trinajstić information content (AvgIpc) is 2.48. The van der Waals surface area contributed by atoms with Gasteiger partial charge in [0.1, 0.15) is 12.4 Å². The molecule has 0 amide bonds. The van der Waals surface area contributed by atoms with Crippen molar-refractivity contribution in [1.82, 2.24) is 4.90 Å². The van der Waals surface area contributed by atoms with Gasteiger partial charge in [0.25, 0.3) is 0 Å². The van der Waals surface area contributed by atoms with Gasteiger partial charge in [-0.3, -0.25) is 0 Å². The summed E-state index contributed by atoms with van der Waals surface area (Å²) >= 11 is 0. The van der Waals surface area contributed by atoms with Gasteiger partial charge in [0, 0.05) is 11.6 Å². The fourth-order valence-electron chi connectivity index (χ4n) is 2.63. The maximum atomic E-state index is 8.70. The molecule has 0 aromatic heterocycles. The lowest BCUT2D eigenvalue weighted by atomic mass is 10.0. The normalized spacial score (nSPS) is 19.2. The van der Waals surface area contributed by atoms with Crippen molar-refractivity contribution in [1.29, 1.82) is 0 Å². The molecule has 0 saturated carbocycles. The Hall–Kier alpha value is -1.50. The Kier molecular flexibility index (Phi) is 5.91. The molecule has 1 saturated heterocycles. The fourth-order valence-corrected chi connectivity index (χ4v) is 2.63. The van der Waals surface area contributed by atoms with Crippen LogP contribution in [-0.4, -0.2) is 42.9 Å². The van der Waals surface area contributed by atoms with E-state index < -0.39 is 0 Å². The van der Waals surface area contributed by atoms with E-state index >= 15 is 0 Å². The topological polar surface area (TPSA) is 32.7 Å². The number of benzene rings is 1. The van der Waals surface area contributed by atoms with Gasteiger partial charge in [0.05, 0.1) is 6.61 Å². The zero-order chi connectivity index (χ0) is 14.2. The van der Waals surface area contributed by atoms with E-state index in [4.69, 9.17) is 9.84 Å². The first kappa shape index (κ1) is 14.9. The third-order valence-electron chi connectivity index (χ3n) is 3.79. The van der Waals surface area contributed by atoms with E-state index in [1.807, 2.05) is 24.3 Å². The minimum absolute atomic E-state index is 0.112. The lowest BCUT2D eigenvalue weighted by Crippen LogP contribution is -2.37. The van der Waals surface area contributed by atoms with Gasteiger partial charge in [-0.25, -0.2) is 0 Å². The molecule has 3 nitrogen and oxygen atoms in total. The van der Waals surface area contributed by atoms with Crippen molar-refractivity contribution < 1.29 is 9.84 Å². The van der Waals surface area contributed by atoms with Gasteiger partial charge < -0.3 is 14.7 Å². The second-order valence-corrected chi connectivity index (χ2v) is 5.26. The van der Waals surface area contributed by atoms with E-state index in [0.29, 0.717) is 6.04 Å². The zero-order valence-electron chi connectivity index (χ0n) is 12.1. The van der Waals surface area contributed by atoms with Gasteiger partial charge in [0.15, 0.2) is 0 Å². The molecule has 1 aliphatic heterocycles. The predicted molar refractivity (Wildman–Crippen MR) is 80.8 cm³/mol. The number of hydrogen-bond donors (Lipinski definition) is 1. The predicted octanol–water partition coefficient (Wildman–Crippen LogP) is 2.28. The number of hydrogen-bond acceptors (Lipinski definition) is 3. The Bertz CT molecular complexity index is 475. The minimum Gasteiger partial charge on any atom is -0.493 e. The lowest BCUT2D eigenvalue weighted by Gasteiger charge is -2.32. The summed E-state index contributed by atoms with van der Waals surface area (Å²) in [4.78, 5) is 2.44. The lowest BCUT2D eigenvalue weighted by molar-refractivity contribution is 0.153. The fraction of sp³-hybridized carbons (Fsp3) is 0.529. The SMILES string of the molecule is CN1CCCCC1CCOc1cccc(C#CCO)c1. The van der Waals surface area contributed by atoms with Crippen molar-refractivity contribution in [2.75, 3.05) is 26.8 Å². The van der Waals surface area contributed by atoms with Gasteiger partial charge in [-0.15, -0.1) is 0 Å². The van der Waals surface area contributed by atoms with Gasteiger partial charge in [-0.1, -0.05) is 24.3 Å². The molecule has 1 heterocycles. The molecule has 0 bridgehead atoms. The highest BCUT2D eigenvalue weighted by molar-refractivity contribution is 5.39. The number of piperidine rings is 1. The molecule has 0 spiro atoms. The van der Waals surface area contributed by atoms with Crippen molar-refractivity contribution in [2.24, 2.45) is 0 Å². The summed E-state index contributed by atoms with van der Waals surface area (Å²) in [5.74, 6) is 6.40. The second-order valence-electron chi connectivity index (χ2n) is 5.26. The quantitative estimate of drug-likeness (QED) is 0.854. The molecular weight excluding hydrogens is 250 g/mol. The van der Waals surface area contributed by atoms with Crippen molar-refractivity contribution >= 4 is 0 Å². The van der Waals surface area contributed by atoms with Crippen LogP contribution in [0, 0.1) is 11.8 Å². The van der Waals surface area contributed by atoms with Crippen LogP contribution in [0.1, 0.15) is 31.2 Å². The first-order valence-electron chi connectivity index (χ1n) is 7.32. The number of aliphatic hydroxyl groups excluding tert-OH is 1. The number of ether oxygens (including phenoxy) is 1. The Balaban J connectivity index is 1.81. The monoisotopic (exact) mass is 273 g/mol. The molecule has 1 aliphatic rings. The molecule has 0 radical (unpaired) electrons. The standard InChI is InChI=1S/C17H23NO2/c1-18-11-3-2-8-16(18)10-13-20-17-9-4-6-15(14-17)7-5-12-19/h4,6,9,14,16,19H,2-3,8,10-13H2,1H3. The van der Waals surface area contributed by atoms with E-state index in [0.717, 1.165) is 24.3 Å². The van der Waals surface area contributed by atoms with E-state index in [9.17, 15) is 0 Å². The van der Waals surface area contributed by atoms with Gasteiger partial charge in [0.2, 0.25) is 0 Å². The molecule has 3 heteroatoms. The number of nitrogens with zero attached hydrogens (tertiary/aromatic N) is 1. The van der Waals surface area contributed by atoms with Crippen LogP contribution in [0.3, 0.4) is 0 Å². The average molecular weight is 273 g/mol. The maximum Gasteiger partial charge on any atom is 0.120 e. The summed E-state index contributed by atoms with van der Waals surface area (Å²) < 4.78 is 5.82. The van der Waals surface area contributed by atoms with Crippen molar-refractivity contribution in [3.8, 4) is 17.6 Å². The highest BCUT2D eigenvalue weighted by Crippen LogP contribution is 2.19. The minimum atomic E-state index is -0.112. The Morgan fingerprint density at radius 1 is 1.40 bits per heavy atom. The molecule has 2 rings (SSSR count). The largest absolute Gasteiger partial charge is 0.493 e. The zero-order valence-corrected chi connectivity index (χ0v) is 12.1. The maximum absolute atomic E-state index is 8.70. The van der Waals surface area contributed by atoms with Crippen LogP contribution in [0.25, 0.3) is 0 Å². The molecule has 1 fully saturated rings. The summed E-state index contributed by atoms with van der Waals surface area (Å²) in [6.07, 6.45) is 5.01. The molecule has 1 unspecified atom stereocenters. The van der Waals surface area contributed by atoms with E-state index in [-0.39, 0.29) is 6.61 Å². The summed E-state index contributed by atoms with van der Waals surface area (Å²) in [7, 11) is 2.20. The summed E-state index contributed by atoms with van der Waals surface area (Å²) in [5.41, 5.74) is 0.881. The van der Waals surface area contributed by atoms with E-state index in [1.54, 1.807) is 0 Å². The van der Waals surface area contributed by atoms with E-state index in [2.05, 4.69) is 23.8 Å². The van der Waals surface area contributed by atoms with Gasteiger partial charge in [-0.05, 0) is 51.1 Å². The smallest absolute Gasteiger partial charge is 0.120 e. The first-order chi connectivity index (χ1) is 9.79. The summed E-state index contributed by atoms with van der Waals surface area (Å²) in [6.45, 7) is 1.84.